The van der Waals surface area contributed by atoms with Crippen molar-refractivity contribution in [3.8, 4) is 0 Å². The molecule has 0 saturated carbocycles. The SMILES string of the molecule is Cc1ccc(C(C)Nc2ccc(NS(C)(=O)=O)c(C)c2)s1. The normalized spacial score (nSPS) is 13.0. The molecule has 0 spiro atoms. The van der Waals surface area contributed by atoms with Crippen molar-refractivity contribution in [2.24, 2.45) is 0 Å². The Kier molecular flexibility index (Phi) is 4.58. The van der Waals surface area contributed by atoms with E-state index in [0.29, 0.717) is 5.69 Å². The number of hydrogen-bond acceptors (Lipinski definition) is 4. The second-order valence-electron chi connectivity index (χ2n) is 5.22. The van der Waals surface area contributed by atoms with E-state index in [1.54, 1.807) is 17.4 Å². The van der Waals surface area contributed by atoms with Gasteiger partial charge in [-0.1, -0.05) is 0 Å². The molecule has 1 atom stereocenters. The molecule has 0 aliphatic heterocycles. The number of hydrogen-bond donors (Lipinski definition) is 2. The molecule has 0 aliphatic rings. The molecular formula is C15H20N2O2S2. The van der Waals surface area contributed by atoms with Crippen LogP contribution in [0.15, 0.2) is 30.3 Å². The zero-order valence-corrected chi connectivity index (χ0v) is 14.2. The Balaban J connectivity index is 2.13. The summed E-state index contributed by atoms with van der Waals surface area (Å²) in [7, 11) is -3.24. The lowest BCUT2D eigenvalue weighted by atomic mass is 10.1. The summed E-state index contributed by atoms with van der Waals surface area (Å²) in [4.78, 5) is 2.58. The van der Waals surface area contributed by atoms with Gasteiger partial charge in [0.25, 0.3) is 0 Å². The molecule has 0 radical (unpaired) electrons. The summed E-state index contributed by atoms with van der Waals surface area (Å²) >= 11 is 1.78. The van der Waals surface area contributed by atoms with Gasteiger partial charge in [-0.2, -0.15) is 0 Å². The van der Waals surface area contributed by atoms with Gasteiger partial charge < -0.3 is 5.32 Å². The second-order valence-corrected chi connectivity index (χ2v) is 8.29. The summed E-state index contributed by atoms with van der Waals surface area (Å²) in [5.74, 6) is 0. The van der Waals surface area contributed by atoms with Gasteiger partial charge in [0.15, 0.2) is 0 Å². The average Bonchev–Trinajstić information content (AvgIpc) is 2.78. The van der Waals surface area contributed by atoms with Crippen LogP contribution in [0.25, 0.3) is 0 Å². The maximum atomic E-state index is 11.3. The van der Waals surface area contributed by atoms with Crippen LogP contribution in [0.1, 0.15) is 28.3 Å². The maximum absolute atomic E-state index is 11.3. The molecule has 1 heterocycles. The number of anilines is 2. The highest BCUT2D eigenvalue weighted by atomic mass is 32.2. The topological polar surface area (TPSA) is 58.2 Å². The van der Waals surface area contributed by atoms with Crippen LogP contribution in [0.3, 0.4) is 0 Å². The van der Waals surface area contributed by atoms with E-state index in [-0.39, 0.29) is 6.04 Å². The largest absolute Gasteiger partial charge is 0.378 e. The fraction of sp³-hybridized carbons (Fsp3) is 0.333. The van der Waals surface area contributed by atoms with E-state index in [9.17, 15) is 8.42 Å². The summed E-state index contributed by atoms with van der Waals surface area (Å²) in [6.45, 7) is 6.10. The van der Waals surface area contributed by atoms with E-state index in [2.05, 4.69) is 36.0 Å². The zero-order valence-electron chi connectivity index (χ0n) is 12.6. The van der Waals surface area contributed by atoms with Crippen molar-refractivity contribution in [1.29, 1.82) is 0 Å². The van der Waals surface area contributed by atoms with Crippen LogP contribution in [0.4, 0.5) is 11.4 Å². The summed E-state index contributed by atoms with van der Waals surface area (Å²) in [6.07, 6.45) is 1.15. The second kappa shape index (κ2) is 6.07. The minimum absolute atomic E-state index is 0.219. The molecule has 21 heavy (non-hydrogen) atoms. The van der Waals surface area contributed by atoms with Crippen LogP contribution in [0.5, 0.6) is 0 Å². The molecule has 2 rings (SSSR count). The van der Waals surface area contributed by atoms with Gasteiger partial charge in [0.1, 0.15) is 0 Å². The highest BCUT2D eigenvalue weighted by molar-refractivity contribution is 7.92. The van der Waals surface area contributed by atoms with Crippen LogP contribution in [-0.4, -0.2) is 14.7 Å². The van der Waals surface area contributed by atoms with E-state index in [4.69, 9.17) is 0 Å². The van der Waals surface area contributed by atoms with E-state index in [0.717, 1.165) is 17.5 Å². The van der Waals surface area contributed by atoms with Gasteiger partial charge in [0.2, 0.25) is 10.0 Å². The number of thiophene rings is 1. The lowest BCUT2D eigenvalue weighted by Gasteiger charge is -2.16. The third kappa shape index (κ3) is 4.47. The van der Waals surface area contributed by atoms with Crippen LogP contribution >= 0.6 is 11.3 Å². The van der Waals surface area contributed by atoms with Gasteiger partial charge in [-0.25, -0.2) is 8.42 Å². The third-order valence-corrected chi connectivity index (χ3v) is 4.87. The fourth-order valence-electron chi connectivity index (χ4n) is 2.07. The van der Waals surface area contributed by atoms with Crippen molar-refractivity contribution in [3.63, 3.8) is 0 Å². The molecule has 0 bridgehead atoms. The molecule has 4 nitrogen and oxygen atoms in total. The molecule has 0 aliphatic carbocycles. The number of aryl methyl sites for hydroxylation is 2. The summed E-state index contributed by atoms with van der Waals surface area (Å²) in [5, 5.41) is 3.44. The van der Waals surface area contributed by atoms with E-state index in [1.807, 2.05) is 19.1 Å². The maximum Gasteiger partial charge on any atom is 0.229 e. The quantitative estimate of drug-likeness (QED) is 0.876. The van der Waals surface area contributed by atoms with Crippen LogP contribution in [0, 0.1) is 13.8 Å². The minimum Gasteiger partial charge on any atom is -0.378 e. The molecule has 6 heteroatoms. The molecule has 2 aromatic rings. The summed E-state index contributed by atoms with van der Waals surface area (Å²) in [6, 6.07) is 10.1. The first kappa shape index (κ1) is 15.9. The average molecular weight is 324 g/mol. The van der Waals surface area contributed by atoms with Crippen molar-refractivity contribution < 1.29 is 8.42 Å². The van der Waals surface area contributed by atoms with Gasteiger partial charge in [0.05, 0.1) is 18.0 Å². The van der Waals surface area contributed by atoms with Crippen LogP contribution in [0.2, 0.25) is 0 Å². The Hall–Kier alpha value is -1.53. The summed E-state index contributed by atoms with van der Waals surface area (Å²) in [5.41, 5.74) is 2.48. The Bertz CT molecular complexity index is 736. The lowest BCUT2D eigenvalue weighted by Crippen LogP contribution is -2.11. The monoisotopic (exact) mass is 324 g/mol. The predicted octanol–water partition coefficient (Wildman–Crippen LogP) is 3.91. The first-order chi connectivity index (χ1) is 9.74. The molecule has 114 valence electrons. The Morgan fingerprint density at radius 2 is 1.86 bits per heavy atom. The number of nitrogens with one attached hydrogen (secondary N) is 2. The van der Waals surface area contributed by atoms with Crippen molar-refractivity contribution in [1.82, 2.24) is 0 Å². The molecular weight excluding hydrogens is 304 g/mol. The molecule has 2 N–H and O–H groups in total. The minimum atomic E-state index is -3.24. The molecule has 1 aromatic carbocycles. The highest BCUT2D eigenvalue weighted by Gasteiger charge is 2.09. The standard InChI is InChI=1S/C15H20N2O2S2/c1-10-9-13(6-7-14(10)17-21(4,18)19)16-12(3)15-8-5-11(2)20-15/h5-9,12,16-17H,1-4H3. The van der Waals surface area contributed by atoms with Crippen molar-refractivity contribution in [2.45, 2.75) is 26.8 Å². The molecule has 0 saturated heterocycles. The number of benzene rings is 1. The highest BCUT2D eigenvalue weighted by Crippen LogP contribution is 2.27. The third-order valence-electron chi connectivity index (χ3n) is 3.09. The van der Waals surface area contributed by atoms with Crippen LogP contribution in [-0.2, 0) is 10.0 Å². The molecule has 1 unspecified atom stereocenters. The van der Waals surface area contributed by atoms with Crippen LogP contribution < -0.4 is 10.0 Å². The Morgan fingerprint density at radius 3 is 2.38 bits per heavy atom. The number of rotatable bonds is 5. The number of sulfonamides is 1. The zero-order chi connectivity index (χ0) is 15.6. The van der Waals surface area contributed by atoms with Gasteiger partial charge in [0, 0.05) is 15.4 Å². The van der Waals surface area contributed by atoms with Crippen molar-refractivity contribution >= 4 is 32.7 Å². The lowest BCUT2D eigenvalue weighted by molar-refractivity contribution is 0.607. The van der Waals surface area contributed by atoms with Crippen molar-refractivity contribution in [2.75, 3.05) is 16.3 Å². The van der Waals surface area contributed by atoms with Gasteiger partial charge >= 0.3 is 0 Å². The van der Waals surface area contributed by atoms with E-state index < -0.39 is 10.0 Å². The summed E-state index contributed by atoms with van der Waals surface area (Å²) < 4.78 is 25.1. The van der Waals surface area contributed by atoms with Gasteiger partial charge in [-0.15, -0.1) is 11.3 Å². The Morgan fingerprint density at radius 1 is 1.14 bits per heavy atom. The smallest absolute Gasteiger partial charge is 0.229 e. The Labute approximate surface area is 130 Å². The van der Waals surface area contributed by atoms with Gasteiger partial charge in [-0.3, -0.25) is 4.72 Å². The molecule has 1 aromatic heterocycles. The van der Waals surface area contributed by atoms with Crippen molar-refractivity contribution in [3.05, 3.63) is 45.6 Å². The first-order valence-electron chi connectivity index (χ1n) is 6.66. The molecule has 0 amide bonds. The van der Waals surface area contributed by atoms with E-state index in [1.165, 1.54) is 9.75 Å². The van der Waals surface area contributed by atoms with E-state index >= 15 is 0 Å². The molecule has 0 fully saturated rings. The van der Waals surface area contributed by atoms with Gasteiger partial charge in [-0.05, 0) is 56.7 Å². The fourth-order valence-corrected chi connectivity index (χ4v) is 3.58. The predicted molar refractivity (Wildman–Crippen MR) is 90.7 cm³/mol. The first-order valence-corrected chi connectivity index (χ1v) is 9.37.